The molecule has 0 amide bonds. The first kappa shape index (κ1) is 24.3. The van der Waals surface area contributed by atoms with Gasteiger partial charge in [-0.3, -0.25) is 0 Å². The van der Waals surface area contributed by atoms with Crippen molar-refractivity contribution in [2.24, 2.45) is 23.7 Å². The highest BCUT2D eigenvalue weighted by molar-refractivity contribution is 5.28. The minimum atomic E-state index is 0.838. The summed E-state index contributed by atoms with van der Waals surface area (Å²) < 4.78 is 0. The molecular formula is C32H52. The molecule has 0 radical (unpaired) electrons. The zero-order valence-electron chi connectivity index (χ0n) is 21.5. The van der Waals surface area contributed by atoms with Gasteiger partial charge in [-0.1, -0.05) is 102 Å². The molecule has 0 bridgehead atoms. The van der Waals surface area contributed by atoms with Crippen molar-refractivity contribution < 1.29 is 0 Å². The summed E-state index contributed by atoms with van der Waals surface area (Å²) in [5.41, 5.74) is 3.27. The Morgan fingerprint density at radius 2 is 0.719 bits per heavy atom. The summed E-state index contributed by atoms with van der Waals surface area (Å²) in [6.07, 6.45) is 26.5. The van der Waals surface area contributed by atoms with Gasteiger partial charge >= 0.3 is 0 Å². The van der Waals surface area contributed by atoms with Crippen LogP contribution in [-0.4, -0.2) is 0 Å². The summed E-state index contributed by atoms with van der Waals surface area (Å²) in [5, 5.41) is 0. The minimum absolute atomic E-state index is 0.838. The molecule has 3 aliphatic carbocycles. The first-order valence-corrected chi connectivity index (χ1v) is 14.8. The Balaban J connectivity index is 1.15. The van der Waals surface area contributed by atoms with E-state index in [1.54, 1.807) is 11.1 Å². The largest absolute Gasteiger partial charge is 0.0654 e. The van der Waals surface area contributed by atoms with Crippen LogP contribution < -0.4 is 0 Å². The molecule has 4 rings (SSSR count). The Bertz CT molecular complexity index is 619. The van der Waals surface area contributed by atoms with Crippen LogP contribution >= 0.6 is 0 Å². The zero-order valence-corrected chi connectivity index (χ0v) is 21.5. The second-order valence-corrected chi connectivity index (χ2v) is 12.1. The van der Waals surface area contributed by atoms with Crippen LogP contribution in [0.3, 0.4) is 0 Å². The molecule has 0 heterocycles. The Kier molecular flexibility index (Phi) is 9.60. The molecule has 0 aromatic heterocycles. The first-order chi connectivity index (χ1) is 15.7. The lowest BCUT2D eigenvalue weighted by Gasteiger charge is -2.32. The van der Waals surface area contributed by atoms with Crippen LogP contribution in [0.15, 0.2) is 24.3 Å². The van der Waals surface area contributed by atoms with E-state index in [1.807, 2.05) is 0 Å². The third kappa shape index (κ3) is 6.87. The maximum Gasteiger partial charge on any atom is -0.0162 e. The van der Waals surface area contributed by atoms with E-state index in [9.17, 15) is 0 Å². The maximum atomic E-state index is 2.51. The van der Waals surface area contributed by atoms with E-state index in [1.165, 1.54) is 116 Å². The number of rotatable bonds is 9. The molecule has 0 spiro atoms. The third-order valence-corrected chi connectivity index (χ3v) is 9.92. The van der Waals surface area contributed by atoms with E-state index < -0.39 is 0 Å². The molecule has 1 aromatic carbocycles. The van der Waals surface area contributed by atoms with Crippen LogP contribution in [0, 0.1) is 23.7 Å². The van der Waals surface area contributed by atoms with Gasteiger partial charge in [-0.25, -0.2) is 0 Å². The minimum Gasteiger partial charge on any atom is -0.0654 e. The number of benzene rings is 1. The molecule has 32 heavy (non-hydrogen) atoms. The van der Waals surface area contributed by atoms with Gasteiger partial charge in [-0.05, 0) is 98.0 Å². The van der Waals surface area contributed by atoms with Gasteiger partial charge in [-0.2, -0.15) is 0 Å². The van der Waals surface area contributed by atoms with Crippen LogP contribution in [0.5, 0.6) is 0 Å². The SMILES string of the molecule is CCCC1CCC(CCC2CCC(c3ccc(C4CCC(CCC)CC4)cc3)CC2)CC1. The van der Waals surface area contributed by atoms with Crippen LogP contribution in [0.4, 0.5) is 0 Å². The summed E-state index contributed by atoms with van der Waals surface area (Å²) in [5.74, 6) is 5.84. The van der Waals surface area contributed by atoms with Crippen LogP contribution in [-0.2, 0) is 0 Å². The van der Waals surface area contributed by atoms with Crippen LogP contribution in [0.1, 0.15) is 152 Å². The first-order valence-electron chi connectivity index (χ1n) is 14.8. The molecule has 0 unspecified atom stereocenters. The highest BCUT2D eigenvalue weighted by atomic mass is 14.3. The summed E-state index contributed by atoms with van der Waals surface area (Å²) >= 11 is 0. The Morgan fingerprint density at radius 1 is 0.438 bits per heavy atom. The topological polar surface area (TPSA) is 0 Å². The zero-order chi connectivity index (χ0) is 22.2. The van der Waals surface area contributed by atoms with Gasteiger partial charge in [0.25, 0.3) is 0 Å². The highest BCUT2D eigenvalue weighted by Crippen LogP contribution is 2.41. The van der Waals surface area contributed by atoms with Gasteiger partial charge in [-0.15, -0.1) is 0 Å². The van der Waals surface area contributed by atoms with E-state index in [2.05, 4.69) is 38.1 Å². The normalized spacial score (nSPS) is 33.8. The molecule has 0 nitrogen and oxygen atoms in total. The fraction of sp³-hybridized carbons (Fsp3) is 0.812. The number of hydrogen-bond acceptors (Lipinski definition) is 0. The van der Waals surface area contributed by atoms with Crippen molar-refractivity contribution in [1.82, 2.24) is 0 Å². The predicted octanol–water partition coefficient (Wildman–Crippen LogP) is 10.4. The molecule has 3 fully saturated rings. The fourth-order valence-electron chi connectivity index (χ4n) is 7.71. The van der Waals surface area contributed by atoms with E-state index in [0.717, 1.165) is 35.5 Å². The molecule has 0 atom stereocenters. The molecule has 3 saturated carbocycles. The van der Waals surface area contributed by atoms with Crippen molar-refractivity contribution in [3.8, 4) is 0 Å². The summed E-state index contributed by atoms with van der Waals surface area (Å²) in [6, 6.07) is 10.0. The quantitative estimate of drug-likeness (QED) is 0.361. The Morgan fingerprint density at radius 3 is 1.03 bits per heavy atom. The molecule has 0 aliphatic heterocycles. The van der Waals surface area contributed by atoms with Gasteiger partial charge in [0.15, 0.2) is 0 Å². The fourth-order valence-corrected chi connectivity index (χ4v) is 7.71. The second kappa shape index (κ2) is 12.6. The number of hydrogen-bond donors (Lipinski definition) is 0. The van der Waals surface area contributed by atoms with Gasteiger partial charge in [0.2, 0.25) is 0 Å². The maximum absolute atomic E-state index is 2.51. The average Bonchev–Trinajstić information content (AvgIpc) is 2.85. The van der Waals surface area contributed by atoms with Crippen molar-refractivity contribution in [2.45, 2.75) is 141 Å². The smallest absolute Gasteiger partial charge is 0.0162 e. The monoisotopic (exact) mass is 436 g/mol. The third-order valence-electron chi connectivity index (χ3n) is 9.92. The van der Waals surface area contributed by atoms with Gasteiger partial charge in [0.05, 0.1) is 0 Å². The second-order valence-electron chi connectivity index (χ2n) is 12.1. The molecule has 0 saturated heterocycles. The van der Waals surface area contributed by atoms with Crippen molar-refractivity contribution >= 4 is 0 Å². The van der Waals surface area contributed by atoms with Crippen molar-refractivity contribution in [1.29, 1.82) is 0 Å². The molecule has 1 aromatic rings. The lowest BCUT2D eigenvalue weighted by atomic mass is 9.73. The molecule has 3 aliphatic rings. The summed E-state index contributed by atoms with van der Waals surface area (Å²) in [7, 11) is 0. The molecule has 0 heteroatoms. The molecular weight excluding hydrogens is 384 g/mol. The summed E-state index contributed by atoms with van der Waals surface area (Å²) in [6.45, 7) is 4.70. The van der Waals surface area contributed by atoms with Gasteiger partial charge in [0.1, 0.15) is 0 Å². The van der Waals surface area contributed by atoms with Crippen LogP contribution in [0.25, 0.3) is 0 Å². The van der Waals surface area contributed by atoms with E-state index in [0.29, 0.717) is 0 Å². The lowest BCUT2D eigenvalue weighted by Crippen LogP contribution is -2.18. The van der Waals surface area contributed by atoms with E-state index in [4.69, 9.17) is 0 Å². The molecule has 180 valence electrons. The van der Waals surface area contributed by atoms with Gasteiger partial charge < -0.3 is 0 Å². The highest BCUT2D eigenvalue weighted by Gasteiger charge is 2.26. The van der Waals surface area contributed by atoms with Crippen LogP contribution in [0.2, 0.25) is 0 Å². The lowest BCUT2D eigenvalue weighted by molar-refractivity contribution is 0.224. The average molecular weight is 437 g/mol. The molecule has 0 N–H and O–H groups in total. The van der Waals surface area contributed by atoms with E-state index >= 15 is 0 Å². The Hall–Kier alpha value is -0.780. The van der Waals surface area contributed by atoms with Crippen molar-refractivity contribution in [3.05, 3.63) is 35.4 Å². The predicted molar refractivity (Wildman–Crippen MR) is 140 cm³/mol. The summed E-state index contributed by atoms with van der Waals surface area (Å²) in [4.78, 5) is 0. The van der Waals surface area contributed by atoms with Gasteiger partial charge in [0, 0.05) is 0 Å². The Labute approximate surface area is 200 Å². The standard InChI is InChI=1S/C32H52/c1-3-5-25-7-9-27(10-8-25)11-12-28-15-19-30(20-16-28)32-23-21-31(22-24-32)29-17-13-26(6-4-2)14-18-29/h21-30H,3-20H2,1-2H3. The van der Waals surface area contributed by atoms with Crippen molar-refractivity contribution in [3.63, 3.8) is 0 Å². The van der Waals surface area contributed by atoms with Crippen molar-refractivity contribution in [2.75, 3.05) is 0 Å². The van der Waals surface area contributed by atoms with E-state index in [-0.39, 0.29) is 0 Å².